The molecule has 0 aromatic rings. The molecule has 2 rings (SSSR count). The standard InChI is InChI=1S/C22H28N2O8/c1-15(23-17(25)7-6-8-18(23)26)13-31-21(29)9-4-3-5-10-22(30)32-14-16(2)24-19(27)11-12-20(24)28/h6-7,11-12,15-16H,3-5,8-10,13-14H2,1-2H3. The molecule has 2 unspecified atom stereocenters. The first-order valence-corrected chi connectivity index (χ1v) is 10.6. The Morgan fingerprint density at radius 2 is 1.25 bits per heavy atom. The largest absolute Gasteiger partial charge is 0.463 e. The zero-order valence-corrected chi connectivity index (χ0v) is 18.3. The van der Waals surface area contributed by atoms with Gasteiger partial charge in [0.2, 0.25) is 5.91 Å². The van der Waals surface area contributed by atoms with Gasteiger partial charge in [0, 0.05) is 37.5 Å². The van der Waals surface area contributed by atoms with E-state index in [0.717, 1.165) is 9.80 Å². The average molecular weight is 448 g/mol. The van der Waals surface area contributed by atoms with E-state index in [4.69, 9.17) is 9.47 Å². The molecule has 174 valence electrons. The Hall–Kier alpha value is -3.30. The van der Waals surface area contributed by atoms with Crippen molar-refractivity contribution in [3.05, 3.63) is 24.3 Å². The lowest BCUT2D eigenvalue weighted by atomic mass is 10.1. The molecular formula is C22H28N2O8. The van der Waals surface area contributed by atoms with Gasteiger partial charge in [-0.2, -0.15) is 0 Å². The summed E-state index contributed by atoms with van der Waals surface area (Å²) < 4.78 is 10.3. The van der Waals surface area contributed by atoms with Crippen molar-refractivity contribution in [3.63, 3.8) is 0 Å². The van der Waals surface area contributed by atoms with Gasteiger partial charge in [-0.25, -0.2) is 0 Å². The van der Waals surface area contributed by atoms with Gasteiger partial charge in [0.05, 0.1) is 12.1 Å². The van der Waals surface area contributed by atoms with E-state index >= 15 is 0 Å². The Kier molecular flexibility index (Phi) is 9.30. The summed E-state index contributed by atoms with van der Waals surface area (Å²) in [5.74, 6) is -2.46. The summed E-state index contributed by atoms with van der Waals surface area (Å²) in [6.45, 7) is 3.13. The molecule has 2 aliphatic rings. The summed E-state index contributed by atoms with van der Waals surface area (Å²) in [5.41, 5.74) is 0. The summed E-state index contributed by atoms with van der Waals surface area (Å²) in [5, 5.41) is 0. The lowest BCUT2D eigenvalue weighted by Crippen LogP contribution is -2.46. The van der Waals surface area contributed by atoms with Crippen molar-refractivity contribution in [2.75, 3.05) is 13.2 Å². The Labute approximate surface area is 186 Å². The number of esters is 2. The second-order valence-corrected chi connectivity index (χ2v) is 7.71. The first kappa shape index (κ1) is 25.0. The molecule has 0 aliphatic carbocycles. The summed E-state index contributed by atoms with van der Waals surface area (Å²) in [4.78, 5) is 72.5. The van der Waals surface area contributed by atoms with E-state index < -0.39 is 41.7 Å². The minimum atomic E-state index is -0.544. The number of unbranched alkanes of at least 4 members (excludes halogenated alkanes) is 2. The summed E-state index contributed by atoms with van der Waals surface area (Å²) in [7, 11) is 0. The van der Waals surface area contributed by atoms with Gasteiger partial charge in [-0.05, 0) is 26.7 Å². The van der Waals surface area contributed by atoms with Gasteiger partial charge >= 0.3 is 11.9 Å². The van der Waals surface area contributed by atoms with E-state index in [1.54, 1.807) is 13.8 Å². The van der Waals surface area contributed by atoms with E-state index in [0.29, 0.717) is 19.3 Å². The van der Waals surface area contributed by atoms with Crippen LogP contribution in [0.5, 0.6) is 0 Å². The van der Waals surface area contributed by atoms with Crippen LogP contribution in [0.2, 0.25) is 0 Å². The second kappa shape index (κ2) is 11.9. The molecule has 0 aromatic heterocycles. The fourth-order valence-electron chi connectivity index (χ4n) is 3.31. The zero-order valence-electron chi connectivity index (χ0n) is 18.3. The van der Waals surface area contributed by atoms with Gasteiger partial charge < -0.3 is 9.47 Å². The van der Waals surface area contributed by atoms with E-state index in [1.807, 2.05) is 0 Å². The first-order chi connectivity index (χ1) is 15.2. The predicted molar refractivity (Wildman–Crippen MR) is 111 cm³/mol. The minimum absolute atomic E-state index is 0.0633. The molecule has 0 N–H and O–H groups in total. The molecule has 10 heteroatoms. The van der Waals surface area contributed by atoms with Crippen LogP contribution in [-0.2, 0) is 38.2 Å². The van der Waals surface area contributed by atoms with E-state index in [2.05, 4.69) is 0 Å². The van der Waals surface area contributed by atoms with Crippen LogP contribution in [0, 0.1) is 0 Å². The first-order valence-electron chi connectivity index (χ1n) is 10.6. The average Bonchev–Trinajstić information content (AvgIpc) is 3.08. The predicted octanol–water partition coefficient (Wildman–Crippen LogP) is 1.04. The van der Waals surface area contributed by atoms with Crippen molar-refractivity contribution >= 4 is 35.6 Å². The molecule has 2 atom stereocenters. The summed E-state index contributed by atoms with van der Waals surface area (Å²) >= 11 is 0. The molecule has 0 saturated carbocycles. The van der Waals surface area contributed by atoms with Crippen molar-refractivity contribution in [1.29, 1.82) is 0 Å². The van der Waals surface area contributed by atoms with Crippen molar-refractivity contribution in [3.8, 4) is 0 Å². The number of amides is 4. The van der Waals surface area contributed by atoms with Crippen LogP contribution < -0.4 is 0 Å². The van der Waals surface area contributed by atoms with Crippen molar-refractivity contribution in [2.45, 2.75) is 64.5 Å². The number of ether oxygens (including phenoxy) is 2. The monoisotopic (exact) mass is 448 g/mol. The third-order valence-corrected chi connectivity index (χ3v) is 5.02. The molecule has 32 heavy (non-hydrogen) atoms. The van der Waals surface area contributed by atoms with Crippen LogP contribution in [0.1, 0.15) is 52.4 Å². The van der Waals surface area contributed by atoms with E-state index in [1.165, 1.54) is 24.3 Å². The van der Waals surface area contributed by atoms with Gasteiger partial charge in [-0.1, -0.05) is 12.5 Å². The Morgan fingerprint density at radius 3 is 1.75 bits per heavy atom. The van der Waals surface area contributed by atoms with Gasteiger partial charge in [0.1, 0.15) is 13.2 Å². The normalized spacial score (nSPS) is 17.7. The van der Waals surface area contributed by atoms with Crippen LogP contribution in [0.4, 0.5) is 0 Å². The highest BCUT2D eigenvalue weighted by atomic mass is 16.5. The molecular weight excluding hydrogens is 420 g/mol. The number of hydrogen-bond acceptors (Lipinski definition) is 8. The number of carbonyl (C=O) groups excluding carboxylic acids is 6. The highest BCUT2D eigenvalue weighted by Crippen LogP contribution is 2.12. The topological polar surface area (TPSA) is 127 Å². The zero-order chi connectivity index (χ0) is 23.7. The Morgan fingerprint density at radius 1 is 0.781 bits per heavy atom. The maximum atomic E-state index is 11.9. The number of imide groups is 2. The lowest BCUT2D eigenvalue weighted by Gasteiger charge is -2.27. The Bertz CT molecular complexity index is 814. The molecule has 0 spiro atoms. The number of carbonyl (C=O) groups is 6. The van der Waals surface area contributed by atoms with Gasteiger partial charge in [-0.15, -0.1) is 0 Å². The quantitative estimate of drug-likeness (QED) is 0.246. The molecule has 0 fully saturated rings. The second-order valence-electron chi connectivity index (χ2n) is 7.71. The van der Waals surface area contributed by atoms with E-state index in [-0.39, 0.29) is 38.4 Å². The van der Waals surface area contributed by atoms with Crippen molar-refractivity contribution in [1.82, 2.24) is 9.80 Å². The molecule has 0 aromatic carbocycles. The third kappa shape index (κ3) is 7.14. The number of hydrogen-bond donors (Lipinski definition) is 0. The highest BCUT2D eigenvalue weighted by molar-refractivity contribution is 6.13. The SMILES string of the molecule is CC(COC(=O)CCCCCC(=O)OCC(C)N1C(=O)C=CCC1=O)N1C(=O)C=CC1=O. The number of nitrogens with zero attached hydrogens (tertiary/aromatic N) is 2. The van der Waals surface area contributed by atoms with Crippen LogP contribution in [0.15, 0.2) is 24.3 Å². The van der Waals surface area contributed by atoms with E-state index in [9.17, 15) is 28.8 Å². The van der Waals surface area contributed by atoms with Crippen LogP contribution in [-0.4, -0.2) is 70.7 Å². The molecule has 0 bridgehead atoms. The maximum Gasteiger partial charge on any atom is 0.305 e. The van der Waals surface area contributed by atoms with Crippen molar-refractivity contribution in [2.24, 2.45) is 0 Å². The fraction of sp³-hybridized carbons (Fsp3) is 0.545. The fourth-order valence-corrected chi connectivity index (χ4v) is 3.31. The molecule has 4 amide bonds. The van der Waals surface area contributed by atoms with Crippen LogP contribution in [0.3, 0.4) is 0 Å². The Balaban J connectivity index is 1.54. The summed E-state index contributed by atoms with van der Waals surface area (Å²) in [6.07, 6.45) is 7.29. The highest BCUT2D eigenvalue weighted by Gasteiger charge is 2.29. The van der Waals surface area contributed by atoms with Gasteiger partial charge in [0.15, 0.2) is 0 Å². The van der Waals surface area contributed by atoms with Gasteiger partial charge in [0.25, 0.3) is 17.7 Å². The molecule has 10 nitrogen and oxygen atoms in total. The molecule has 0 saturated heterocycles. The minimum Gasteiger partial charge on any atom is -0.463 e. The van der Waals surface area contributed by atoms with Crippen LogP contribution in [0.25, 0.3) is 0 Å². The van der Waals surface area contributed by atoms with Gasteiger partial charge in [-0.3, -0.25) is 38.6 Å². The smallest absolute Gasteiger partial charge is 0.305 e. The molecule has 0 radical (unpaired) electrons. The lowest BCUT2D eigenvalue weighted by molar-refractivity contribution is -0.153. The molecule has 2 heterocycles. The summed E-state index contributed by atoms with van der Waals surface area (Å²) in [6, 6.07) is -1.08. The number of rotatable bonds is 12. The third-order valence-electron chi connectivity index (χ3n) is 5.02. The van der Waals surface area contributed by atoms with Crippen LogP contribution >= 0.6 is 0 Å². The van der Waals surface area contributed by atoms with Crippen molar-refractivity contribution < 1.29 is 38.2 Å². The maximum absolute atomic E-state index is 11.9. The molecule has 2 aliphatic heterocycles.